The summed E-state index contributed by atoms with van der Waals surface area (Å²) in [6.45, 7) is 2.90. The highest BCUT2D eigenvalue weighted by molar-refractivity contribution is 7.89. The second-order valence-corrected chi connectivity index (χ2v) is 11.2. The number of amides is 1. The van der Waals surface area contributed by atoms with Gasteiger partial charge in [-0.15, -0.1) is 0 Å². The molecule has 2 fully saturated rings. The summed E-state index contributed by atoms with van der Waals surface area (Å²) >= 11 is 12.2. The van der Waals surface area contributed by atoms with Crippen molar-refractivity contribution in [1.82, 2.24) is 14.5 Å². The average Bonchev–Trinajstić information content (AvgIpc) is 3.34. The zero-order chi connectivity index (χ0) is 23.4. The van der Waals surface area contributed by atoms with E-state index in [4.69, 9.17) is 32.7 Å². The van der Waals surface area contributed by atoms with Crippen molar-refractivity contribution < 1.29 is 22.7 Å². The van der Waals surface area contributed by atoms with Gasteiger partial charge in [-0.2, -0.15) is 4.31 Å². The van der Waals surface area contributed by atoms with Gasteiger partial charge in [0.2, 0.25) is 22.7 Å². The van der Waals surface area contributed by atoms with Crippen molar-refractivity contribution in [2.75, 3.05) is 19.9 Å². The Morgan fingerprint density at radius 3 is 2.61 bits per heavy atom. The van der Waals surface area contributed by atoms with Crippen molar-refractivity contribution in [3.63, 3.8) is 0 Å². The topological polar surface area (TPSA) is 88.2 Å². The van der Waals surface area contributed by atoms with Crippen molar-refractivity contribution in [2.24, 2.45) is 0 Å². The minimum absolute atomic E-state index is 0.00587. The van der Waals surface area contributed by atoms with Crippen LogP contribution in [-0.2, 0) is 21.4 Å². The first-order chi connectivity index (χ1) is 15.7. The van der Waals surface area contributed by atoms with E-state index in [0.29, 0.717) is 30.9 Å². The van der Waals surface area contributed by atoms with Gasteiger partial charge in [0.05, 0.1) is 21.7 Å². The van der Waals surface area contributed by atoms with Crippen LogP contribution < -0.4 is 14.8 Å². The Labute approximate surface area is 202 Å². The SMILES string of the molecule is CC1NC2(CCN(S(=O)(=O)c3cccc(Cl)c3Cl)CC2)N(Cc2ccc3c(c2)OCO3)C1=O. The van der Waals surface area contributed by atoms with Gasteiger partial charge in [-0.05, 0) is 49.6 Å². The predicted octanol–water partition coefficient (Wildman–Crippen LogP) is 3.22. The van der Waals surface area contributed by atoms with Crippen LogP contribution in [0.1, 0.15) is 25.3 Å². The van der Waals surface area contributed by atoms with Crippen molar-refractivity contribution in [3.05, 3.63) is 52.0 Å². The van der Waals surface area contributed by atoms with Crippen LogP contribution in [0.15, 0.2) is 41.3 Å². The minimum Gasteiger partial charge on any atom is -0.454 e. The normalized spacial score (nSPS) is 22.3. The van der Waals surface area contributed by atoms with E-state index in [9.17, 15) is 13.2 Å². The van der Waals surface area contributed by atoms with Gasteiger partial charge in [0.1, 0.15) is 4.90 Å². The monoisotopic (exact) mass is 511 g/mol. The molecule has 3 heterocycles. The molecule has 1 atom stereocenters. The maximum atomic E-state index is 13.2. The quantitative estimate of drug-likeness (QED) is 0.677. The van der Waals surface area contributed by atoms with E-state index >= 15 is 0 Å². The molecule has 1 amide bonds. The number of nitrogens with one attached hydrogen (secondary N) is 1. The molecule has 0 bridgehead atoms. The van der Waals surface area contributed by atoms with Crippen LogP contribution in [0.2, 0.25) is 10.0 Å². The molecule has 0 saturated carbocycles. The van der Waals surface area contributed by atoms with E-state index < -0.39 is 15.7 Å². The second kappa shape index (κ2) is 8.32. The molecule has 176 valence electrons. The molecule has 3 aliphatic rings. The Hall–Kier alpha value is -2.04. The summed E-state index contributed by atoms with van der Waals surface area (Å²) in [6, 6.07) is 9.86. The Kier molecular flexibility index (Phi) is 5.73. The van der Waals surface area contributed by atoms with Crippen molar-refractivity contribution in [1.29, 1.82) is 0 Å². The summed E-state index contributed by atoms with van der Waals surface area (Å²) in [7, 11) is -3.82. The highest BCUT2D eigenvalue weighted by Crippen LogP contribution is 2.38. The van der Waals surface area contributed by atoms with Crippen LogP contribution in [-0.4, -0.2) is 55.1 Å². The molecule has 33 heavy (non-hydrogen) atoms. The van der Waals surface area contributed by atoms with Gasteiger partial charge in [-0.1, -0.05) is 35.3 Å². The maximum absolute atomic E-state index is 13.2. The van der Waals surface area contributed by atoms with E-state index in [-0.39, 0.29) is 46.8 Å². The summed E-state index contributed by atoms with van der Waals surface area (Å²) in [5, 5.41) is 3.64. The van der Waals surface area contributed by atoms with E-state index in [1.807, 2.05) is 30.0 Å². The molecule has 1 N–H and O–H groups in total. The van der Waals surface area contributed by atoms with Gasteiger partial charge in [-0.3, -0.25) is 10.1 Å². The predicted molar refractivity (Wildman–Crippen MR) is 123 cm³/mol. The number of benzene rings is 2. The number of carbonyl (C=O) groups is 1. The van der Waals surface area contributed by atoms with Gasteiger partial charge in [0, 0.05) is 19.6 Å². The molecule has 0 radical (unpaired) electrons. The summed E-state index contributed by atoms with van der Waals surface area (Å²) in [4.78, 5) is 14.9. The first kappa shape index (κ1) is 22.7. The molecular formula is C22H23Cl2N3O5S. The molecule has 2 aromatic carbocycles. The zero-order valence-electron chi connectivity index (χ0n) is 17.9. The molecule has 8 nitrogen and oxygen atoms in total. The number of hydrogen-bond acceptors (Lipinski definition) is 6. The Bertz CT molecular complexity index is 1210. The van der Waals surface area contributed by atoms with Crippen LogP contribution in [0.4, 0.5) is 0 Å². The lowest BCUT2D eigenvalue weighted by Gasteiger charge is -2.44. The van der Waals surface area contributed by atoms with Crippen LogP contribution in [0, 0.1) is 0 Å². The van der Waals surface area contributed by atoms with E-state index in [0.717, 1.165) is 5.56 Å². The lowest BCUT2D eigenvalue weighted by molar-refractivity contribution is -0.133. The van der Waals surface area contributed by atoms with Crippen LogP contribution in [0.5, 0.6) is 11.5 Å². The van der Waals surface area contributed by atoms with E-state index in [1.165, 1.54) is 10.4 Å². The van der Waals surface area contributed by atoms with Gasteiger partial charge in [0.25, 0.3) is 0 Å². The number of sulfonamides is 1. The third-order valence-corrected chi connectivity index (χ3v) is 9.37. The van der Waals surface area contributed by atoms with Gasteiger partial charge < -0.3 is 14.4 Å². The molecule has 2 saturated heterocycles. The smallest absolute Gasteiger partial charge is 0.244 e. The largest absolute Gasteiger partial charge is 0.454 e. The van der Waals surface area contributed by atoms with E-state index in [2.05, 4.69) is 5.32 Å². The molecule has 1 unspecified atom stereocenters. The highest BCUT2D eigenvalue weighted by atomic mass is 35.5. The number of ether oxygens (including phenoxy) is 2. The van der Waals surface area contributed by atoms with Crippen molar-refractivity contribution in [2.45, 2.75) is 42.9 Å². The van der Waals surface area contributed by atoms with Crippen LogP contribution in [0.3, 0.4) is 0 Å². The standard InChI is InChI=1S/C22H23Cl2N3O5S/c1-14-21(28)27(12-15-5-6-17-18(11-15)32-13-31-17)22(25-14)7-9-26(10-8-22)33(29,30)19-4-2-3-16(23)20(19)24/h2-6,11,14,25H,7-10,12-13H2,1H3. The van der Waals surface area contributed by atoms with E-state index in [1.54, 1.807) is 12.1 Å². The Morgan fingerprint density at radius 1 is 1.12 bits per heavy atom. The lowest BCUT2D eigenvalue weighted by atomic mass is 9.96. The summed E-state index contributed by atoms with van der Waals surface area (Å²) in [6.07, 6.45) is 0.899. The van der Waals surface area contributed by atoms with Crippen molar-refractivity contribution in [3.8, 4) is 11.5 Å². The number of nitrogens with zero attached hydrogens (tertiary/aromatic N) is 2. The molecule has 11 heteroatoms. The number of hydrogen-bond donors (Lipinski definition) is 1. The molecule has 0 aliphatic carbocycles. The number of rotatable bonds is 4. The summed E-state index contributed by atoms with van der Waals surface area (Å²) in [5.74, 6) is 1.33. The fourth-order valence-electron chi connectivity index (χ4n) is 4.77. The highest BCUT2D eigenvalue weighted by Gasteiger charge is 2.51. The van der Waals surface area contributed by atoms with Gasteiger partial charge >= 0.3 is 0 Å². The number of halogens is 2. The minimum atomic E-state index is -3.82. The molecule has 1 spiro atoms. The Balaban J connectivity index is 1.37. The third kappa shape index (κ3) is 3.85. The lowest BCUT2D eigenvalue weighted by Crippen LogP contribution is -2.59. The fraction of sp³-hybridized carbons (Fsp3) is 0.409. The molecule has 2 aromatic rings. The number of carbonyl (C=O) groups excluding carboxylic acids is 1. The van der Waals surface area contributed by atoms with Crippen LogP contribution in [0.25, 0.3) is 0 Å². The molecule has 5 rings (SSSR count). The summed E-state index contributed by atoms with van der Waals surface area (Å²) < 4.78 is 38.7. The molecule has 0 aromatic heterocycles. The second-order valence-electron chi connectivity index (χ2n) is 8.47. The van der Waals surface area contributed by atoms with Crippen molar-refractivity contribution >= 4 is 39.1 Å². The fourth-order valence-corrected chi connectivity index (χ4v) is 6.95. The Morgan fingerprint density at radius 2 is 1.85 bits per heavy atom. The first-order valence-electron chi connectivity index (χ1n) is 10.6. The number of piperidine rings is 1. The first-order valence-corrected chi connectivity index (χ1v) is 12.8. The van der Waals surface area contributed by atoms with Gasteiger partial charge in [-0.25, -0.2) is 8.42 Å². The molecule has 3 aliphatic heterocycles. The zero-order valence-corrected chi connectivity index (χ0v) is 20.2. The van der Waals surface area contributed by atoms with Gasteiger partial charge in [0.15, 0.2) is 11.5 Å². The molecular weight excluding hydrogens is 489 g/mol. The average molecular weight is 512 g/mol. The van der Waals surface area contributed by atoms with Crippen LogP contribution >= 0.6 is 23.2 Å². The third-order valence-electron chi connectivity index (χ3n) is 6.50. The summed E-state index contributed by atoms with van der Waals surface area (Å²) in [5.41, 5.74) is 0.292. The number of fused-ring (bicyclic) bond motifs is 1. The maximum Gasteiger partial charge on any atom is 0.244 e.